The maximum atomic E-state index is 13.4. The highest BCUT2D eigenvalue weighted by molar-refractivity contribution is 5.29. The number of hydrogen-bond donors (Lipinski definition) is 1. The molecule has 1 N–H and O–H groups in total. The van der Waals surface area contributed by atoms with E-state index < -0.39 is 0 Å². The van der Waals surface area contributed by atoms with Crippen LogP contribution in [-0.4, -0.2) is 19.7 Å². The maximum absolute atomic E-state index is 13.4. The standard InChI is InChI=1S/C15H24FNO/c1-12-5-6-13(16)14(11-12)18-10-9-17-8-7-15(2,3)4/h5-6,11,17H,7-10H2,1-4H3. The Kier molecular flexibility index (Phi) is 5.60. The van der Waals surface area contributed by atoms with E-state index in [1.165, 1.54) is 6.07 Å². The quantitative estimate of drug-likeness (QED) is 0.783. The zero-order valence-electron chi connectivity index (χ0n) is 11.8. The molecular weight excluding hydrogens is 229 g/mol. The Morgan fingerprint density at radius 1 is 1.22 bits per heavy atom. The molecule has 0 aromatic heterocycles. The summed E-state index contributed by atoms with van der Waals surface area (Å²) in [6.07, 6.45) is 1.12. The highest BCUT2D eigenvalue weighted by atomic mass is 19.1. The SMILES string of the molecule is Cc1ccc(F)c(OCCNCCC(C)(C)C)c1. The smallest absolute Gasteiger partial charge is 0.165 e. The minimum atomic E-state index is -0.296. The highest BCUT2D eigenvalue weighted by Gasteiger charge is 2.08. The molecule has 0 saturated heterocycles. The molecule has 0 saturated carbocycles. The third kappa shape index (κ3) is 6.01. The van der Waals surface area contributed by atoms with Gasteiger partial charge in [0.25, 0.3) is 0 Å². The number of rotatable bonds is 6. The average molecular weight is 253 g/mol. The molecule has 0 atom stereocenters. The monoisotopic (exact) mass is 253 g/mol. The van der Waals surface area contributed by atoms with Crippen LogP contribution >= 0.6 is 0 Å². The first-order chi connectivity index (χ1) is 8.38. The van der Waals surface area contributed by atoms with E-state index >= 15 is 0 Å². The van der Waals surface area contributed by atoms with E-state index in [4.69, 9.17) is 4.74 Å². The van der Waals surface area contributed by atoms with Gasteiger partial charge in [0.15, 0.2) is 11.6 Å². The molecule has 0 heterocycles. The Balaban J connectivity index is 2.20. The first-order valence-corrected chi connectivity index (χ1v) is 6.48. The molecule has 2 nitrogen and oxygen atoms in total. The van der Waals surface area contributed by atoms with E-state index in [0.717, 1.165) is 25.1 Å². The number of hydrogen-bond acceptors (Lipinski definition) is 2. The summed E-state index contributed by atoms with van der Waals surface area (Å²) in [6.45, 7) is 10.8. The molecule has 0 aliphatic heterocycles. The van der Waals surface area contributed by atoms with Crippen molar-refractivity contribution in [3.8, 4) is 5.75 Å². The highest BCUT2D eigenvalue weighted by Crippen LogP contribution is 2.18. The van der Waals surface area contributed by atoms with Gasteiger partial charge in [-0.05, 0) is 43.0 Å². The van der Waals surface area contributed by atoms with Crippen LogP contribution in [0.15, 0.2) is 18.2 Å². The van der Waals surface area contributed by atoms with Crippen molar-refractivity contribution >= 4 is 0 Å². The van der Waals surface area contributed by atoms with Crippen molar-refractivity contribution in [3.05, 3.63) is 29.6 Å². The molecule has 0 bridgehead atoms. The topological polar surface area (TPSA) is 21.3 Å². The van der Waals surface area contributed by atoms with E-state index in [1.54, 1.807) is 12.1 Å². The van der Waals surface area contributed by atoms with E-state index in [2.05, 4.69) is 26.1 Å². The molecule has 1 rings (SSSR count). The van der Waals surface area contributed by atoms with Crippen LogP contribution in [0.1, 0.15) is 32.8 Å². The van der Waals surface area contributed by atoms with Gasteiger partial charge in [-0.2, -0.15) is 0 Å². The Morgan fingerprint density at radius 3 is 2.61 bits per heavy atom. The molecule has 1 aromatic carbocycles. The average Bonchev–Trinajstić information content (AvgIpc) is 2.26. The fourth-order valence-corrected chi connectivity index (χ4v) is 1.54. The van der Waals surface area contributed by atoms with Gasteiger partial charge in [-0.1, -0.05) is 26.8 Å². The Morgan fingerprint density at radius 2 is 1.94 bits per heavy atom. The second kappa shape index (κ2) is 6.74. The van der Waals surface area contributed by atoms with Crippen LogP contribution in [0.5, 0.6) is 5.75 Å². The van der Waals surface area contributed by atoms with Crippen LogP contribution < -0.4 is 10.1 Å². The van der Waals surface area contributed by atoms with Crippen molar-refractivity contribution in [2.45, 2.75) is 34.1 Å². The Labute approximate surface area is 110 Å². The van der Waals surface area contributed by atoms with Gasteiger partial charge < -0.3 is 10.1 Å². The second-order valence-corrected chi connectivity index (χ2v) is 5.84. The summed E-state index contributed by atoms with van der Waals surface area (Å²) >= 11 is 0. The minimum Gasteiger partial charge on any atom is -0.489 e. The normalized spacial score (nSPS) is 11.6. The van der Waals surface area contributed by atoms with Crippen LogP contribution in [0.4, 0.5) is 4.39 Å². The summed E-state index contributed by atoms with van der Waals surface area (Å²) in [6, 6.07) is 4.91. The first kappa shape index (κ1) is 15.0. The second-order valence-electron chi connectivity index (χ2n) is 5.84. The van der Waals surface area contributed by atoms with Crippen molar-refractivity contribution in [2.24, 2.45) is 5.41 Å². The van der Waals surface area contributed by atoms with Gasteiger partial charge in [0.05, 0.1) is 0 Å². The molecule has 0 radical (unpaired) electrons. The molecule has 0 aliphatic rings. The molecule has 18 heavy (non-hydrogen) atoms. The molecule has 3 heteroatoms. The summed E-state index contributed by atoms with van der Waals surface area (Å²) in [5.74, 6) is 0.0444. The summed E-state index contributed by atoms with van der Waals surface area (Å²) in [5, 5.41) is 3.30. The predicted molar refractivity (Wildman–Crippen MR) is 73.6 cm³/mol. The third-order valence-corrected chi connectivity index (χ3v) is 2.67. The summed E-state index contributed by atoms with van der Waals surface area (Å²) in [7, 11) is 0. The van der Waals surface area contributed by atoms with Crippen molar-refractivity contribution in [2.75, 3.05) is 19.7 Å². The van der Waals surface area contributed by atoms with Gasteiger partial charge in [-0.25, -0.2) is 4.39 Å². The van der Waals surface area contributed by atoms with Gasteiger partial charge in [-0.3, -0.25) is 0 Å². The Hall–Kier alpha value is -1.09. The van der Waals surface area contributed by atoms with Crippen molar-refractivity contribution in [1.82, 2.24) is 5.32 Å². The van der Waals surface area contributed by atoms with Crippen molar-refractivity contribution in [1.29, 1.82) is 0 Å². The zero-order valence-corrected chi connectivity index (χ0v) is 11.8. The molecular formula is C15H24FNO. The molecule has 1 aromatic rings. The predicted octanol–water partition coefficient (Wildman–Crippen LogP) is 3.54. The number of aryl methyl sites for hydroxylation is 1. The van der Waals surface area contributed by atoms with Gasteiger partial charge in [-0.15, -0.1) is 0 Å². The van der Waals surface area contributed by atoms with Crippen LogP contribution in [0, 0.1) is 18.2 Å². The van der Waals surface area contributed by atoms with Crippen LogP contribution in [0.3, 0.4) is 0 Å². The zero-order chi connectivity index (χ0) is 13.6. The third-order valence-electron chi connectivity index (χ3n) is 2.67. The molecule has 0 aliphatic carbocycles. The number of halogens is 1. The lowest BCUT2D eigenvalue weighted by atomic mass is 9.92. The van der Waals surface area contributed by atoms with Gasteiger partial charge in [0.1, 0.15) is 6.61 Å². The van der Waals surface area contributed by atoms with Crippen LogP contribution in [0.2, 0.25) is 0 Å². The lowest BCUT2D eigenvalue weighted by molar-refractivity contribution is 0.291. The van der Waals surface area contributed by atoms with Crippen LogP contribution in [0.25, 0.3) is 0 Å². The van der Waals surface area contributed by atoms with E-state index in [9.17, 15) is 4.39 Å². The van der Waals surface area contributed by atoms with E-state index in [1.807, 2.05) is 6.92 Å². The van der Waals surface area contributed by atoms with Gasteiger partial charge >= 0.3 is 0 Å². The first-order valence-electron chi connectivity index (χ1n) is 6.48. The molecule has 0 amide bonds. The Bertz CT molecular complexity index is 371. The fourth-order valence-electron chi connectivity index (χ4n) is 1.54. The lowest BCUT2D eigenvalue weighted by Gasteiger charge is -2.18. The van der Waals surface area contributed by atoms with Gasteiger partial charge in [0, 0.05) is 6.54 Å². The number of benzene rings is 1. The number of nitrogens with one attached hydrogen (secondary N) is 1. The van der Waals surface area contributed by atoms with E-state index in [-0.39, 0.29) is 5.82 Å². The van der Waals surface area contributed by atoms with Gasteiger partial charge in [0.2, 0.25) is 0 Å². The molecule has 0 unspecified atom stereocenters. The fraction of sp³-hybridized carbons (Fsp3) is 0.600. The lowest BCUT2D eigenvalue weighted by Crippen LogP contribution is -2.25. The summed E-state index contributed by atoms with van der Waals surface area (Å²) < 4.78 is 18.8. The van der Waals surface area contributed by atoms with Crippen molar-refractivity contribution < 1.29 is 9.13 Å². The maximum Gasteiger partial charge on any atom is 0.165 e. The van der Waals surface area contributed by atoms with Crippen molar-refractivity contribution in [3.63, 3.8) is 0 Å². The van der Waals surface area contributed by atoms with Crippen LogP contribution in [-0.2, 0) is 0 Å². The molecule has 0 spiro atoms. The number of ether oxygens (including phenoxy) is 1. The molecule has 102 valence electrons. The summed E-state index contributed by atoms with van der Waals surface area (Å²) in [5.41, 5.74) is 1.35. The minimum absolute atomic E-state index is 0.296. The van der Waals surface area contributed by atoms with E-state index in [0.29, 0.717) is 17.8 Å². The molecule has 0 fully saturated rings. The largest absolute Gasteiger partial charge is 0.489 e. The summed E-state index contributed by atoms with van der Waals surface area (Å²) in [4.78, 5) is 0.